The second kappa shape index (κ2) is 6.60. The van der Waals surface area contributed by atoms with Crippen LogP contribution in [0.1, 0.15) is 23.2 Å². The number of rotatable bonds is 3. The molecule has 0 spiro atoms. The van der Waals surface area contributed by atoms with Crippen LogP contribution in [0.15, 0.2) is 48.5 Å². The number of nitrogens with zero attached hydrogens (tertiary/aromatic N) is 1. The monoisotopic (exact) mass is 348 g/mol. The number of halogens is 1. The van der Waals surface area contributed by atoms with E-state index in [0.29, 0.717) is 29.9 Å². The molecule has 1 saturated heterocycles. The maximum Gasteiger partial charge on any atom is 0.255 e. The normalized spacial score (nSPS) is 16.6. The van der Waals surface area contributed by atoms with Gasteiger partial charge in [0.25, 0.3) is 5.91 Å². The third-order valence-electron chi connectivity index (χ3n) is 3.87. The number of hydrogen-bond acceptors (Lipinski definition) is 3. The summed E-state index contributed by atoms with van der Waals surface area (Å²) in [7, 11) is -3.25. The fourth-order valence-corrected chi connectivity index (χ4v) is 4.23. The maximum atomic E-state index is 12.9. The first kappa shape index (κ1) is 16.4. The molecule has 0 aromatic heterocycles. The molecule has 0 radical (unpaired) electrons. The fraction of sp³-hybridized carbons (Fsp3) is 0.235. The first-order chi connectivity index (χ1) is 11.5. The molecule has 1 amide bonds. The van der Waals surface area contributed by atoms with Gasteiger partial charge in [-0.2, -0.15) is 0 Å². The van der Waals surface area contributed by atoms with E-state index in [4.69, 9.17) is 0 Å². The molecule has 126 valence electrons. The topological polar surface area (TPSA) is 66.5 Å². The van der Waals surface area contributed by atoms with Gasteiger partial charge in [0.1, 0.15) is 5.82 Å². The average molecular weight is 348 g/mol. The molecule has 0 aliphatic carbocycles. The van der Waals surface area contributed by atoms with Crippen molar-refractivity contribution in [2.45, 2.75) is 12.8 Å². The number of nitrogens with one attached hydrogen (secondary N) is 1. The predicted octanol–water partition coefficient (Wildman–Crippen LogP) is 3.01. The molecular weight excluding hydrogens is 331 g/mol. The average Bonchev–Trinajstić information content (AvgIpc) is 2.56. The molecule has 1 N–H and O–H groups in total. The zero-order chi connectivity index (χ0) is 17.2. The van der Waals surface area contributed by atoms with Crippen molar-refractivity contribution in [3.63, 3.8) is 0 Å². The van der Waals surface area contributed by atoms with E-state index in [1.54, 1.807) is 24.3 Å². The first-order valence-electron chi connectivity index (χ1n) is 7.63. The van der Waals surface area contributed by atoms with Gasteiger partial charge in [-0.1, -0.05) is 0 Å². The molecule has 3 rings (SSSR count). The number of carbonyl (C=O) groups excluding carboxylic acids is 1. The molecule has 1 heterocycles. The van der Waals surface area contributed by atoms with Crippen LogP contribution in [-0.2, 0) is 10.0 Å². The SMILES string of the molecule is O=C(Nc1ccc(N2CCCCS2(=O)=O)cc1)c1ccc(F)cc1. The third-order valence-corrected chi connectivity index (χ3v) is 5.74. The van der Waals surface area contributed by atoms with Crippen molar-refractivity contribution < 1.29 is 17.6 Å². The van der Waals surface area contributed by atoms with E-state index in [1.165, 1.54) is 28.6 Å². The Kier molecular flexibility index (Phi) is 4.53. The number of benzene rings is 2. The van der Waals surface area contributed by atoms with Gasteiger partial charge in [0.05, 0.1) is 11.4 Å². The van der Waals surface area contributed by atoms with Crippen LogP contribution in [0.4, 0.5) is 15.8 Å². The van der Waals surface area contributed by atoms with E-state index in [2.05, 4.69) is 5.32 Å². The molecule has 5 nitrogen and oxygen atoms in total. The summed E-state index contributed by atoms with van der Waals surface area (Å²) < 4.78 is 38.4. The molecule has 2 aromatic rings. The Morgan fingerprint density at radius 1 is 1.00 bits per heavy atom. The highest BCUT2D eigenvalue weighted by molar-refractivity contribution is 7.92. The molecule has 7 heteroatoms. The van der Waals surface area contributed by atoms with Crippen molar-refractivity contribution in [3.8, 4) is 0 Å². The summed E-state index contributed by atoms with van der Waals surface area (Å²) in [5.41, 5.74) is 1.48. The second-order valence-electron chi connectivity index (χ2n) is 5.60. The van der Waals surface area contributed by atoms with Crippen molar-refractivity contribution in [2.75, 3.05) is 21.9 Å². The molecule has 0 atom stereocenters. The number of sulfonamides is 1. The minimum absolute atomic E-state index is 0.163. The van der Waals surface area contributed by atoms with E-state index in [1.807, 2.05) is 0 Å². The predicted molar refractivity (Wildman–Crippen MR) is 91.2 cm³/mol. The molecule has 1 fully saturated rings. The lowest BCUT2D eigenvalue weighted by molar-refractivity contribution is 0.102. The van der Waals surface area contributed by atoms with Gasteiger partial charge in [-0.3, -0.25) is 9.10 Å². The lowest BCUT2D eigenvalue weighted by atomic mass is 10.2. The maximum absolute atomic E-state index is 12.9. The van der Waals surface area contributed by atoms with E-state index in [9.17, 15) is 17.6 Å². The summed E-state index contributed by atoms with van der Waals surface area (Å²) in [5, 5.41) is 2.70. The molecule has 0 bridgehead atoms. The Hall–Kier alpha value is -2.41. The zero-order valence-corrected chi connectivity index (χ0v) is 13.7. The lowest BCUT2D eigenvalue weighted by Crippen LogP contribution is -2.37. The highest BCUT2D eigenvalue weighted by Crippen LogP contribution is 2.25. The van der Waals surface area contributed by atoms with Crippen molar-refractivity contribution in [3.05, 3.63) is 59.9 Å². The standard InChI is InChI=1S/C17H17FN2O3S/c18-14-5-3-13(4-6-14)17(21)19-15-7-9-16(10-8-15)20-11-1-2-12-24(20,22)23/h3-10H,1-2,11-12H2,(H,19,21). The summed E-state index contributed by atoms with van der Waals surface area (Å²) in [5.74, 6) is -0.595. The highest BCUT2D eigenvalue weighted by Gasteiger charge is 2.25. The Morgan fingerprint density at radius 2 is 1.67 bits per heavy atom. The van der Waals surface area contributed by atoms with Gasteiger partial charge in [0, 0.05) is 17.8 Å². The summed E-state index contributed by atoms with van der Waals surface area (Å²) in [6, 6.07) is 11.9. The van der Waals surface area contributed by atoms with Crippen LogP contribution >= 0.6 is 0 Å². The van der Waals surface area contributed by atoms with E-state index >= 15 is 0 Å². The molecule has 0 saturated carbocycles. The van der Waals surface area contributed by atoms with E-state index in [-0.39, 0.29) is 11.7 Å². The van der Waals surface area contributed by atoms with Crippen LogP contribution in [0.5, 0.6) is 0 Å². The molecule has 2 aromatic carbocycles. The quantitative estimate of drug-likeness (QED) is 0.927. The second-order valence-corrected chi connectivity index (χ2v) is 7.62. The van der Waals surface area contributed by atoms with Crippen LogP contribution in [0.2, 0.25) is 0 Å². The van der Waals surface area contributed by atoms with E-state index in [0.717, 1.165) is 6.42 Å². The molecular formula is C17H17FN2O3S. The van der Waals surface area contributed by atoms with Crippen LogP contribution < -0.4 is 9.62 Å². The smallest absolute Gasteiger partial charge is 0.255 e. The Morgan fingerprint density at radius 3 is 2.29 bits per heavy atom. The van der Waals surface area contributed by atoms with Crippen molar-refractivity contribution in [1.82, 2.24) is 0 Å². The van der Waals surface area contributed by atoms with Crippen molar-refractivity contribution in [2.24, 2.45) is 0 Å². The van der Waals surface area contributed by atoms with Gasteiger partial charge in [0.2, 0.25) is 10.0 Å². The lowest BCUT2D eigenvalue weighted by Gasteiger charge is -2.28. The van der Waals surface area contributed by atoms with Gasteiger partial charge in [-0.05, 0) is 61.4 Å². The summed E-state index contributed by atoms with van der Waals surface area (Å²) in [6.07, 6.45) is 1.52. The van der Waals surface area contributed by atoms with Gasteiger partial charge >= 0.3 is 0 Å². The summed E-state index contributed by atoms with van der Waals surface area (Å²) >= 11 is 0. The van der Waals surface area contributed by atoms with Gasteiger partial charge in [-0.25, -0.2) is 12.8 Å². The Bertz CT molecular complexity index is 833. The highest BCUT2D eigenvalue weighted by atomic mass is 32.2. The molecule has 1 aliphatic rings. The molecule has 0 unspecified atom stereocenters. The zero-order valence-electron chi connectivity index (χ0n) is 12.9. The van der Waals surface area contributed by atoms with Crippen LogP contribution in [-0.4, -0.2) is 26.6 Å². The largest absolute Gasteiger partial charge is 0.322 e. The van der Waals surface area contributed by atoms with Crippen LogP contribution in [0.3, 0.4) is 0 Å². The van der Waals surface area contributed by atoms with Gasteiger partial charge < -0.3 is 5.32 Å². The van der Waals surface area contributed by atoms with Crippen LogP contribution in [0.25, 0.3) is 0 Å². The van der Waals surface area contributed by atoms with Crippen molar-refractivity contribution >= 4 is 27.3 Å². The molecule has 1 aliphatic heterocycles. The van der Waals surface area contributed by atoms with Gasteiger partial charge in [-0.15, -0.1) is 0 Å². The molecule has 24 heavy (non-hydrogen) atoms. The number of hydrogen-bond donors (Lipinski definition) is 1. The van der Waals surface area contributed by atoms with Gasteiger partial charge in [0.15, 0.2) is 0 Å². The Labute approximate surface area is 140 Å². The van der Waals surface area contributed by atoms with Crippen molar-refractivity contribution in [1.29, 1.82) is 0 Å². The number of anilines is 2. The summed E-state index contributed by atoms with van der Waals surface area (Å²) in [6.45, 7) is 0.476. The first-order valence-corrected chi connectivity index (χ1v) is 9.24. The minimum Gasteiger partial charge on any atom is -0.322 e. The number of amides is 1. The van der Waals surface area contributed by atoms with E-state index < -0.39 is 15.8 Å². The minimum atomic E-state index is -3.25. The fourth-order valence-electron chi connectivity index (χ4n) is 2.59. The van der Waals surface area contributed by atoms with Crippen LogP contribution in [0, 0.1) is 5.82 Å². The summed E-state index contributed by atoms with van der Waals surface area (Å²) in [4.78, 5) is 12.1. The number of carbonyl (C=O) groups is 1. The third kappa shape index (κ3) is 3.56. The Balaban J connectivity index is 1.72.